The van der Waals surface area contributed by atoms with Crippen LogP contribution in [0.25, 0.3) is 21.0 Å². The molecule has 134 valence electrons. The van der Waals surface area contributed by atoms with Crippen molar-refractivity contribution in [1.82, 2.24) is 4.57 Å². The van der Waals surface area contributed by atoms with E-state index in [1.807, 2.05) is 65.2 Å². The van der Waals surface area contributed by atoms with Crippen LogP contribution in [-0.4, -0.2) is 17.6 Å². The van der Waals surface area contributed by atoms with Crippen molar-refractivity contribution < 1.29 is 9.53 Å². The lowest BCUT2D eigenvalue weighted by atomic mass is 10.1. The third kappa shape index (κ3) is 3.17. The summed E-state index contributed by atoms with van der Waals surface area (Å²) in [6.45, 7) is 4.37. The number of benzene rings is 3. The lowest BCUT2D eigenvalue weighted by Gasteiger charge is -2.06. The van der Waals surface area contributed by atoms with Crippen LogP contribution in [0, 0.1) is 0 Å². The number of para-hydroxylation sites is 1. The van der Waals surface area contributed by atoms with E-state index in [-0.39, 0.29) is 5.91 Å². The minimum absolute atomic E-state index is 0.260. The number of carbonyl (C=O) groups is 1. The average Bonchev–Trinajstić information content (AvgIpc) is 3.05. The van der Waals surface area contributed by atoms with Crippen LogP contribution >= 0.6 is 11.3 Å². The SMILES string of the molecule is C=CCn1c(=NC(=O)c2ccc3ccccc3c2)sc2cccc(OC)c21. The summed E-state index contributed by atoms with van der Waals surface area (Å²) in [5, 5.41) is 2.12. The summed E-state index contributed by atoms with van der Waals surface area (Å²) in [5.74, 6) is 0.495. The molecule has 3 aromatic carbocycles. The summed E-state index contributed by atoms with van der Waals surface area (Å²) in [7, 11) is 1.64. The minimum atomic E-state index is -0.260. The van der Waals surface area contributed by atoms with Gasteiger partial charge in [-0.15, -0.1) is 6.58 Å². The standard InChI is InChI=1S/C22H18N2O2S/c1-3-13-24-20-18(26-2)9-6-10-19(20)27-22(24)23-21(25)17-12-11-15-7-4-5-8-16(15)14-17/h3-12,14H,1,13H2,2H3. The molecule has 0 radical (unpaired) electrons. The van der Waals surface area contributed by atoms with E-state index in [1.54, 1.807) is 13.2 Å². The van der Waals surface area contributed by atoms with Crippen molar-refractivity contribution in [2.75, 3.05) is 7.11 Å². The highest BCUT2D eigenvalue weighted by atomic mass is 32.1. The summed E-state index contributed by atoms with van der Waals surface area (Å²) in [4.78, 5) is 17.9. The number of hydrogen-bond donors (Lipinski definition) is 0. The maximum Gasteiger partial charge on any atom is 0.279 e. The largest absolute Gasteiger partial charge is 0.495 e. The van der Waals surface area contributed by atoms with Gasteiger partial charge >= 0.3 is 0 Å². The van der Waals surface area contributed by atoms with Gasteiger partial charge in [0.2, 0.25) is 0 Å². The van der Waals surface area contributed by atoms with Crippen LogP contribution in [-0.2, 0) is 6.54 Å². The third-order valence-corrected chi connectivity index (χ3v) is 5.43. The van der Waals surface area contributed by atoms with Gasteiger partial charge in [0.25, 0.3) is 5.91 Å². The molecule has 4 aromatic rings. The van der Waals surface area contributed by atoms with Crippen molar-refractivity contribution in [2.24, 2.45) is 4.99 Å². The van der Waals surface area contributed by atoms with E-state index < -0.39 is 0 Å². The Morgan fingerprint density at radius 1 is 1.15 bits per heavy atom. The molecule has 27 heavy (non-hydrogen) atoms. The number of methoxy groups -OCH3 is 1. The molecule has 1 heterocycles. The van der Waals surface area contributed by atoms with Crippen molar-refractivity contribution in [1.29, 1.82) is 0 Å². The van der Waals surface area contributed by atoms with Gasteiger partial charge in [-0.25, -0.2) is 0 Å². The second-order valence-corrected chi connectivity index (χ2v) is 7.08. The topological polar surface area (TPSA) is 43.6 Å². The van der Waals surface area contributed by atoms with Gasteiger partial charge in [0.1, 0.15) is 11.3 Å². The zero-order chi connectivity index (χ0) is 18.8. The highest BCUT2D eigenvalue weighted by Gasteiger charge is 2.12. The highest BCUT2D eigenvalue weighted by Crippen LogP contribution is 2.27. The Balaban J connectivity index is 1.86. The molecule has 0 aliphatic carbocycles. The van der Waals surface area contributed by atoms with Crippen LogP contribution in [0.3, 0.4) is 0 Å². The molecule has 0 aliphatic rings. The molecule has 4 nitrogen and oxygen atoms in total. The molecule has 0 saturated heterocycles. The number of rotatable bonds is 4. The molecule has 1 aromatic heterocycles. The molecule has 0 bridgehead atoms. The van der Waals surface area contributed by atoms with E-state index in [0.717, 1.165) is 26.7 Å². The van der Waals surface area contributed by atoms with Gasteiger partial charge in [0, 0.05) is 12.1 Å². The fourth-order valence-corrected chi connectivity index (χ4v) is 4.18. The average molecular weight is 374 g/mol. The van der Waals surface area contributed by atoms with E-state index >= 15 is 0 Å². The summed E-state index contributed by atoms with van der Waals surface area (Å²) < 4.78 is 8.47. The smallest absolute Gasteiger partial charge is 0.279 e. The molecule has 0 atom stereocenters. The Hall–Kier alpha value is -3.18. The first-order valence-corrected chi connectivity index (χ1v) is 9.38. The molecule has 4 rings (SSSR count). The molecule has 0 N–H and O–H groups in total. The molecule has 0 spiro atoms. The number of amides is 1. The van der Waals surface area contributed by atoms with Gasteiger partial charge in [-0.1, -0.05) is 53.8 Å². The van der Waals surface area contributed by atoms with Gasteiger partial charge in [-0.2, -0.15) is 4.99 Å². The monoisotopic (exact) mass is 374 g/mol. The molecular weight excluding hydrogens is 356 g/mol. The second kappa shape index (κ2) is 7.21. The first kappa shape index (κ1) is 17.2. The number of ether oxygens (including phenoxy) is 1. The van der Waals surface area contributed by atoms with Crippen molar-refractivity contribution >= 4 is 38.2 Å². The van der Waals surface area contributed by atoms with Crippen LogP contribution < -0.4 is 9.54 Å². The van der Waals surface area contributed by atoms with Crippen molar-refractivity contribution in [3.05, 3.63) is 83.7 Å². The van der Waals surface area contributed by atoms with Crippen LogP contribution in [0.15, 0.2) is 78.3 Å². The Kier molecular flexibility index (Phi) is 4.60. The Morgan fingerprint density at radius 2 is 1.96 bits per heavy atom. The summed E-state index contributed by atoms with van der Waals surface area (Å²) in [5.41, 5.74) is 1.50. The van der Waals surface area contributed by atoms with Gasteiger partial charge in [-0.3, -0.25) is 4.79 Å². The van der Waals surface area contributed by atoms with Crippen molar-refractivity contribution in [3.8, 4) is 5.75 Å². The molecule has 1 amide bonds. The van der Waals surface area contributed by atoms with Gasteiger partial charge in [0.05, 0.1) is 11.8 Å². The lowest BCUT2D eigenvalue weighted by Crippen LogP contribution is -2.16. The van der Waals surface area contributed by atoms with Gasteiger partial charge in [-0.05, 0) is 35.0 Å². The van der Waals surface area contributed by atoms with E-state index in [0.29, 0.717) is 16.9 Å². The van der Waals surface area contributed by atoms with Crippen LogP contribution in [0.1, 0.15) is 10.4 Å². The number of aromatic nitrogens is 1. The fourth-order valence-electron chi connectivity index (χ4n) is 3.12. The number of fused-ring (bicyclic) bond motifs is 2. The second-order valence-electron chi connectivity index (χ2n) is 6.07. The fraction of sp³-hybridized carbons (Fsp3) is 0.0909. The zero-order valence-electron chi connectivity index (χ0n) is 14.9. The van der Waals surface area contributed by atoms with Crippen LogP contribution in [0.2, 0.25) is 0 Å². The quantitative estimate of drug-likeness (QED) is 0.482. The summed E-state index contributed by atoms with van der Waals surface area (Å²) in [6, 6.07) is 19.5. The summed E-state index contributed by atoms with van der Waals surface area (Å²) in [6.07, 6.45) is 1.79. The van der Waals surface area contributed by atoms with E-state index in [4.69, 9.17) is 4.74 Å². The Bertz CT molecular complexity index is 1230. The molecule has 0 unspecified atom stereocenters. The Labute approximate surface area is 160 Å². The maximum absolute atomic E-state index is 12.8. The molecular formula is C22H18N2O2S. The lowest BCUT2D eigenvalue weighted by molar-refractivity contribution is 0.0998. The third-order valence-electron chi connectivity index (χ3n) is 4.39. The molecule has 0 aliphatic heterocycles. The zero-order valence-corrected chi connectivity index (χ0v) is 15.7. The normalized spacial score (nSPS) is 11.8. The van der Waals surface area contributed by atoms with Crippen LogP contribution in [0.4, 0.5) is 0 Å². The Morgan fingerprint density at radius 3 is 2.74 bits per heavy atom. The van der Waals surface area contributed by atoms with Gasteiger partial charge < -0.3 is 9.30 Å². The van der Waals surface area contributed by atoms with Crippen LogP contribution in [0.5, 0.6) is 5.75 Å². The predicted molar refractivity (Wildman–Crippen MR) is 110 cm³/mol. The highest BCUT2D eigenvalue weighted by molar-refractivity contribution is 7.16. The number of nitrogens with zero attached hydrogens (tertiary/aromatic N) is 2. The maximum atomic E-state index is 12.8. The predicted octanol–water partition coefficient (Wildman–Crippen LogP) is 4.79. The van der Waals surface area contributed by atoms with Crippen molar-refractivity contribution in [2.45, 2.75) is 6.54 Å². The minimum Gasteiger partial charge on any atom is -0.495 e. The molecule has 5 heteroatoms. The molecule has 0 fully saturated rings. The number of hydrogen-bond acceptors (Lipinski definition) is 3. The first-order chi connectivity index (χ1) is 13.2. The van der Waals surface area contributed by atoms with E-state index in [1.165, 1.54) is 11.3 Å². The van der Waals surface area contributed by atoms with Crippen molar-refractivity contribution in [3.63, 3.8) is 0 Å². The van der Waals surface area contributed by atoms with Gasteiger partial charge in [0.15, 0.2) is 4.80 Å². The number of carbonyl (C=O) groups excluding carboxylic acids is 1. The van der Waals surface area contributed by atoms with E-state index in [2.05, 4.69) is 11.6 Å². The number of thiazole rings is 1. The molecule has 0 saturated carbocycles. The first-order valence-electron chi connectivity index (χ1n) is 8.56. The van der Waals surface area contributed by atoms with E-state index in [9.17, 15) is 4.79 Å². The summed E-state index contributed by atoms with van der Waals surface area (Å²) >= 11 is 1.47. The number of allylic oxidation sites excluding steroid dienone is 1.